The van der Waals surface area contributed by atoms with E-state index in [0.717, 1.165) is 21.9 Å². The second-order valence-electron chi connectivity index (χ2n) is 9.49. The van der Waals surface area contributed by atoms with Crippen molar-refractivity contribution in [3.63, 3.8) is 0 Å². The first-order valence-corrected chi connectivity index (χ1v) is 15.4. The molecule has 0 saturated heterocycles. The molecule has 1 unspecified atom stereocenters. The van der Waals surface area contributed by atoms with Gasteiger partial charge in [-0.25, -0.2) is 8.42 Å². The number of amides is 2. The van der Waals surface area contributed by atoms with Crippen molar-refractivity contribution in [2.24, 2.45) is 0 Å². The maximum Gasteiger partial charge on any atom is 0.264 e. The molecule has 10 heteroatoms. The van der Waals surface area contributed by atoms with Crippen LogP contribution in [0.5, 0.6) is 0 Å². The molecular formula is C30H35Cl2N3O4S. The molecule has 1 N–H and O–H groups in total. The van der Waals surface area contributed by atoms with Crippen LogP contribution < -0.4 is 9.62 Å². The Morgan fingerprint density at radius 3 is 2.12 bits per heavy atom. The number of aryl methyl sites for hydroxylation is 1. The zero-order valence-corrected chi connectivity index (χ0v) is 25.3. The van der Waals surface area contributed by atoms with Gasteiger partial charge in [-0.05, 0) is 62.1 Å². The number of benzene rings is 3. The summed E-state index contributed by atoms with van der Waals surface area (Å²) in [5.41, 5.74) is 2.04. The van der Waals surface area contributed by atoms with Crippen molar-refractivity contribution in [2.45, 2.75) is 51.0 Å². The van der Waals surface area contributed by atoms with Gasteiger partial charge in [0, 0.05) is 23.1 Å². The van der Waals surface area contributed by atoms with Crippen molar-refractivity contribution in [1.29, 1.82) is 0 Å². The number of hydrogen-bond acceptors (Lipinski definition) is 4. The second kappa shape index (κ2) is 14.5. The van der Waals surface area contributed by atoms with E-state index in [1.165, 1.54) is 35.2 Å². The lowest BCUT2D eigenvalue weighted by Gasteiger charge is -2.33. The van der Waals surface area contributed by atoms with Crippen molar-refractivity contribution in [3.8, 4) is 0 Å². The minimum absolute atomic E-state index is 0.0190. The summed E-state index contributed by atoms with van der Waals surface area (Å²) in [5, 5.41) is 3.33. The van der Waals surface area contributed by atoms with Gasteiger partial charge >= 0.3 is 0 Å². The Morgan fingerprint density at radius 2 is 1.55 bits per heavy atom. The van der Waals surface area contributed by atoms with Gasteiger partial charge in [-0.1, -0.05) is 85.1 Å². The number of carbonyl (C=O) groups is 2. The van der Waals surface area contributed by atoms with E-state index in [1.807, 2.05) is 51.1 Å². The van der Waals surface area contributed by atoms with Gasteiger partial charge in [0.2, 0.25) is 11.8 Å². The number of rotatable bonds is 13. The fraction of sp³-hybridized carbons (Fsp3) is 0.333. The molecule has 0 fully saturated rings. The molecule has 0 heterocycles. The molecule has 0 bridgehead atoms. The lowest BCUT2D eigenvalue weighted by atomic mass is 10.1. The maximum atomic E-state index is 14.0. The van der Waals surface area contributed by atoms with Crippen LogP contribution in [0, 0.1) is 6.92 Å². The van der Waals surface area contributed by atoms with Crippen molar-refractivity contribution < 1.29 is 18.0 Å². The van der Waals surface area contributed by atoms with Gasteiger partial charge in [-0.3, -0.25) is 13.9 Å². The van der Waals surface area contributed by atoms with Crippen molar-refractivity contribution in [2.75, 3.05) is 23.9 Å². The lowest BCUT2D eigenvalue weighted by Crippen LogP contribution is -2.53. The Kier molecular flexibility index (Phi) is 11.4. The summed E-state index contributed by atoms with van der Waals surface area (Å²) in [5.74, 6) is -0.786. The van der Waals surface area contributed by atoms with Gasteiger partial charge in [-0.15, -0.1) is 0 Å². The molecule has 0 radical (unpaired) electrons. The molecule has 0 aliphatic rings. The summed E-state index contributed by atoms with van der Waals surface area (Å²) in [7, 11) is -4.20. The minimum atomic E-state index is -4.20. The summed E-state index contributed by atoms with van der Waals surface area (Å²) in [4.78, 5) is 28.6. The van der Waals surface area contributed by atoms with Gasteiger partial charge in [0.15, 0.2) is 0 Å². The molecule has 40 heavy (non-hydrogen) atoms. The Hall–Kier alpha value is -3.07. The number of anilines is 1. The topological polar surface area (TPSA) is 86.8 Å². The molecular weight excluding hydrogens is 569 g/mol. The average molecular weight is 605 g/mol. The molecule has 214 valence electrons. The average Bonchev–Trinajstić information content (AvgIpc) is 2.92. The number of halogens is 2. The van der Waals surface area contributed by atoms with Gasteiger partial charge in [-0.2, -0.15) is 0 Å². The van der Waals surface area contributed by atoms with E-state index >= 15 is 0 Å². The Labute approximate surface area is 247 Å². The van der Waals surface area contributed by atoms with Crippen LogP contribution in [0.3, 0.4) is 0 Å². The lowest BCUT2D eigenvalue weighted by molar-refractivity contribution is -0.139. The van der Waals surface area contributed by atoms with E-state index in [1.54, 1.807) is 12.1 Å². The number of nitrogens with zero attached hydrogens (tertiary/aromatic N) is 2. The molecule has 7 nitrogen and oxygen atoms in total. The van der Waals surface area contributed by atoms with Gasteiger partial charge < -0.3 is 10.2 Å². The molecule has 3 aromatic rings. The number of hydrogen-bond donors (Lipinski definition) is 1. The zero-order valence-electron chi connectivity index (χ0n) is 22.9. The minimum Gasteiger partial charge on any atom is -0.354 e. The maximum absolute atomic E-state index is 14.0. The Balaban J connectivity index is 2.03. The van der Waals surface area contributed by atoms with Crippen molar-refractivity contribution in [1.82, 2.24) is 10.2 Å². The monoisotopic (exact) mass is 603 g/mol. The third-order valence-electron chi connectivity index (χ3n) is 6.44. The predicted octanol–water partition coefficient (Wildman–Crippen LogP) is 5.87. The molecule has 0 spiro atoms. The smallest absolute Gasteiger partial charge is 0.264 e. The second-order valence-corrected chi connectivity index (χ2v) is 12.2. The molecule has 0 aliphatic heterocycles. The van der Waals surface area contributed by atoms with Gasteiger partial charge in [0.1, 0.15) is 12.6 Å². The van der Waals surface area contributed by atoms with Crippen molar-refractivity contribution >= 4 is 50.7 Å². The van der Waals surface area contributed by atoms with Crippen LogP contribution in [0.2, 0.25) is 10.0 Å². The largest absolute Gasteiger partial charge is 0.354 e. The van der Waals surface area contributed by atoms with E-state index < -0.39 is 28.5 Å². The van der Waals surface area contributed by atoms with Crippen LogP contribution in [-0.2, 0) is 26.0 Å². The highest BCUT2D eigenvalue weighted by atomic mass is 35.5. The van der Waals surface area contributed by atoms with E-state index in [4.69, 9.17) is 23.2 Å². The normalized spacial score (nSPS) is 12.0. The van der Waals surface area contributed by atoms with E-state index in [2.05, 4.69) is 5.32 Å². The number of carbonyl (C=O) groups excluding carboxylic acids is 2. The first-order valence-electron chi connectivity index (χ1n) is 13.2. The predicted molar refractivity (Wildman–Crippen MR) is 161 cm³/mol. The third-order valence-corrected chi connectivity index (χ3v) is 8.67. The molecule has 0 saturated carbocycles. The van der Waals surface area contributed by atoms with E-state index in [-0.39, 0.29) is 33.1 Å². The van der Waals surface area contributed by atoms with E-state index in [9.17, 15) is 18.0 Å². The first kappa shape index (κ1) is 31.5. The summed E-state index contributed by atoms with van der Waals surface area (Å²) in [6.45, 7) is 5.80. The highest BCUT2D eigenvalue weighted by Crippen LogP contribution is 2.30. The molecule has 1 atom stereocenters. The molecule has 0 aliphatic carbocycles. The SMILES string of the molecule is CCCNC(=O)C(CC)N(CCc1ccccc1)C(=O)CN(c1cc(Cl)cc(Cl)c1)S(=O)(=O)c1ccc(C)cc1. The number of nitrogens with one attached hydrogen (secondary N) is 1. The van der Waals surface area contributed by atoms with Crippen LogP contribution in [0.4, 0.5) is 5.69 Å². The van der Waals surface area contributed by atoms with Gasteiger partial charge in [0.25, 0.3) is 10.0 Å². The van der Waals surface area contributed by atoms with Crippen LogP contribution >= 0.6 is 23.2 Å². The highest BCUT2D eigenvalue weighted by molar-refractivity contribution is 7.92. The van der Waals surface area contributed by atoms with Crippen LogP contribution in [0.1, 0.15) is 37.8 Å². The Morgan fingerprint density at radius 1 is 0.925 bits per heavy atom. The fourth-order valence-electron chi connectivity index (χ4n) is 4.31. The molecule has 0 aromatic heterocycles. The Bertz CT molecular complexity index is 1380. The van der Waals surface area contributed by atoms with Crippen molar-refractivity contribution in [3.05, 3.63) is 94.0 Å². The summed E-state index contributed by atoms with van der Waals surface area (Å²) in [6.07, 6.45) is 1.61. The number of sulfonamides is 1. The summed E-state index contributed by atoms with van der Waals surface area (Å²) >= 11 is 12.5. The van der Waals surface area contributed by atoms with Crippen LogP contribution in [-0.4, -0.2) is 50.8 Å². The summed E-state index contributed by atoms with van der Waals surface area (Å²) < 4.78 is 28.8. The van der Waals surface area contributed by atoms with E-state index in [0.29, 0.717) is 19.4 Å². The van der Waals surface area contributed by atoms with Crippen LogP contribution in [0.15, 0.2) is 77.7 Å². The molecule has 3 rings (SSSR count). The van der Waals surface area contributed by atoms with Crippen LogP contribution in [0.25, 0.3) is 0 Å². The fourth-order valence-corrected chi connectivity index (χ4v) is 6.22. The quantitative estimate of drug-likeness (QED) is 0.264. The third kappa shape index (κ3) is 8.22. The highest BCUT2D eigenvalue weighted by Gasteiger charge is 2.33. The van der Waals surface area contributed by atoms with Gasteiger partial charge in [0.05, 0.1) is 10.6 Å². The summed E-state index contributed by atoms with van der Waals surface area (Å²) in [6, 6.07) is 19.6. The zero-order chi connectivity index (χ0) is 29.3. The molecule has 2 amide bonds. The standard InChI is InChI=1S/C30H35Cl2N3O4S/c1-4-16-33-30(37)28(5-2)34(17-15-23-9-7-6-8-10-23)29(36)21-35(26-19-24(31)18-25(32)20-26)40(38,39)27-13-11-22(3)12-14-27/h6-14,18-20,28H,4-5,15-17,21H2,1-3H3,(H,33,37). The first-order chi connectivity index (χ1) is 19.1. The molecule has 3 aromatic carbocycles.